The maximum atomic E-state index is 14.9. The molecule has 4 rings (SSSR count). The predicted octanol–water partition coefficient (Wildman–Crippen LogP) is 2.98. The molecule has 1 aliphatic rings. The highest BCUT2D eigenvalue weighted by Crippen LogP contribution is 2.30. The quantitative estimate of drug-likeness (QED) is 0.596. The molecule has 10 heteroatoms. The molecule has 0 radical (unpaired) electrons. The van der Waals surface area contributed by atoms with Gasteiger partial charge in [-0.05, 0) is 49.4 Å². The SMILES string of the molecule is CC(C(N)=O)C1CN(c2ccc(-c3ccc(NC(=O)c4cccnc4)nc3)c(F)c2)C(=O)O1. The average Bonchev–Trinajstić information content (AvgIpc) is 3.21. The largest absolute Gasteiger partial charge is 0.443 e. The van der Waals surface area contributed by atoms with E-state index in [-0.39, 0.29) is 18.0 Å². The van der Waals surface area contributed by atoms with Gasteiger partial charge in [0.25, 0.3) is 5.91 Å². The highest BCUT2D eigenvalue weighted by Gasteiger charge is 2.37. The number of nitrogens with one attached hydrogen (secondary N) is 1. The Kier molecular flexibility index (Phi) is 5.99. The Bertz CT molecular complexity index is 1200. The Morgan fingerprint density at radius 3 is 2.70 bits per heavy atom. The Morgan fingerprint density at radius 2 is 2.06 bits per heavy atom. The van der Waals surface area contributed by atoms with Crippen molar-refractivity contribution in [2.45, 2.75) is 13.0 Å². The van der Waals surface area contributed by atoms with Crippen LogP contribution in [0.2, 0.25) is 0 Å². The number of carbonyl (C=O) groups is 3. The van der Waals surface area contributed by atoms with Gasteiger partial charge in [0.15, 0.2) is 0 Å². The van der Waals surface area contributed by atoms with E-state index in [0.717, 1.165) is 0 Å². The summed E-state index contributed by atoms with van der Waals surface area (Å²) in [5, 5.41) is 2.65. The van der Waals surface area contributed by atoms with Gasteiger partial charge in [-0.3, -0.25) is 19.5 Å². The zero-order valence-corrected chi connectivity index (χ0v) is 17.6. The zero-order valence-electron chi connectivity index (χ0n) is 17.6. The fraction of sp³-hybridized carbons (Fsp3) is 0.174. The maximum absolute atomic E-state index is 14.9. The fourth-order valence-electron chi connectivity index (χ4n) is 3.36. The molecule has 0 saturated carbocycles. The first-order valence-electron chi connectivity index (χ1n) is 10.1. The van der Waals surface area contributed by atoms with E-state index in [9.17, 15) is 18.8 Å². The highest BCUT2D eigenvalue weighted by molar-refractivity contribution is 6.03. The number of rotatable bonds is 6. The second kappa shape index (κ2) is 9.03. The molecule has 168 valence electrons. The summed E-state index contributed by atoms with van der Waals surface area (Å²) in [5.74, 6) is -1.87. The van der Waals surface area contributed by atoms with Crippen molar-refractivity contribution in [3.05, 3.63) is 72.4 Å². The number of pyridine rings is 2. The van der Waals surface area contributed by atoms with Crippen molar-refractivity contribution in [3.8, 4) is 11.1 Å². The van der Waals surface area contributed by atoms with Crippen molar-refractivity contribution in [3.63, 3.8) is 0 Å². The lowest BCUT2D eigenvalue weighted by molar-refractivity contribution is -0.123. The third-order valence-corrected chi connectivity index (χ3v) is 5.35. The second-order valence-corrected chi connectivity index (χ2v) is 7.52. The number of nitrogens with zero attached hydrogens (tertiary/aromatic N) is 3. The van der Waals surface area contributed by atoms with Crippen molar-refractivity contribution in [2.75, 3.05) is 16.8 Å². The second-order valence-electron chi connectivity index (χ2n) is 7.52. The number of primary amides is 1. The first-order valence-corrected chi connectivity index (χ1v) is 10.1. The van der Waals surface area contributed by atoms with Crippen LogP contribution in [0.4, 0.5) is 20.7 Å². The topological polar surface area (TPSA) is 128 Å². The first kappa shape index (κ1) is 21.9. The number of ether oxygens (including phenoxy) is 1. The number of anilines is 2. The molecule has 0 aliphatic carbocycles. The van der Waals surface area contributed by atoms with Crippen LogP contribution < -0.4 is 16.0 Å². The molecule has 0 bridgehead atoms. The Morgan fingerprint density at radius 1 is 1.24 bits per heavy atom. The highest BCUT2D eigenvalue weighted by atomic mass is 19.1. The van der Waals surface area contributed by atoms with Gasteiger partial charge in [0.1, 0.15) is 17.7 Å². The Hall–Kier alpha value is -4.34. The van der Waals surface area contributed by atoms with Crippen LogP contribution in [0.15, 0.2) is 61.1 Å². The van der Waals surface area contributed by atoms with Crippen LogP contribution in [0, 0.1) is 11.7 Å². The number of cyclic esters (lactones) is 1. The number of amides is 3. The lowest BCUT2D eigenvalue weighted by atomic mass is 10.0. The van der Waals surface area contributed by atoms with E-state index in [1.54, 1.807) is 43.5 Å². The van der Waals surface area contributed by atoms with Crippen LogP contribution >= 0.6 is 0 Å². The van der Waals surface area contributed by atoms with Crippen molar-refractivity contribution in [1.82, 2.24) is 9.97 Å². The van der Waals surface area contributed by atoms with Crippen molar-refractivity contribution in [2.24, 2.45) is 11.7 Å². The molecular weight excluding hydrogens is 429 g/mol. The number of benzene rings is 1. The molecule has 9 nitrogen and oxygen atoms in total. The van der Waals surface area contributed by atoms with Gasteiger partial charge in [0.2, 0.25) is 5.91 Å². The van der Waals surface area contributed by atoms with Gasteiger partial charge in [0, 0.05) is 29.7 Å². The van der Waals surface area contributed by atoms with E-state index in [0.29, 0.717) is 22.6 Å². The number of carbonyl (C=O) groups excluding carboxylic acids is 3. The monoisotopic (exact) mass is 449 g/mol. The molecule has 1 fully saturated rings. The molecule has 3 amide bonds. The van der Waals surface area contributed by atoms with Crippen molar-refractivity contribution in [1.29, 1.82) is 0 Å². The molecule has 2 aromatic heterocycles. The summed E-state index contributed by atoms with van der Waals surface area (Å²) in [4.78, 5) is 45.1. The maximum Gasteiger partial charge on any atom is 0.414 e. The minimum absolute atomic E-state index is 0.0919. The number of nitrogens with two attached hydrogens (primary N) is 1. The molecule has 3 aromatic rings. The normalized spacial score (nSPS) is 16.2. The molecule has 0 spiro atoms. The summed E-state index contributed by atoms with van der Waals surface area (Å²) < 4.78 is 20.1. The summed E-state index contributed by atoms with van der Waals surface area (Å²) in [6.07, 6.45) is 3.07. The van der Waals surface area contributed by atoms with Crippen LogP contribution in [0.25, 0.3) is 11.1 Å². The van der Waals surface area contributed by atoms with E-state index in [2.05, 4.69) is 15.3 Å². The first-order chi connectivity index (χ1) is 15.8. The van der Waals surface area contributed by atoms with E-state index < -0.39 is 29.8 Å². The fourth-order valence-corrected chi connectivity index (χ4v) is 3.36. The number of hydrogen-bond donors (Lipinski definition) is 2. The lowest BCUT2D eigenvalue weighted by Crippen LogP contribution is -2.34. The summed E-state index contributed by atoms with van der Waals surface area (Å²) in [6.45, 7) is 1.66. The summed E-state index contributed by atoms with van der Waals surface area (Å²) >= 11 is 0. The summed E-state index contributed by atoms with van der Waals surface area (Å²) in [7, 11) is 0. The number of hydrogen-bond acceptors (Lipinski definition) is 6. The Labute approximate surface area is 188 Å². The van der Waals surface area contributed by atoms with Gasteiger partial charge in [-0.2, -0.15) is 0 Å². The van der Waals surface area contributed by atoms with E-state index in [4.69, 9.17) is 10.5 Å². The minimum atomic E-state index is -0.698. The van der Waals surface area contributed by atoms with E-state index >= 15 is 0 Å². The van der Waals surface area contributed by atoms with Crippen LogP contribution in [0.5, 0.6) is 0 Å². The predicted molar refractivity (Wildman–Crippen MR) is 118 cm³/mol. The van der Waals surface area contributed by atoms with Gasteiger partial charge in [-0.1, -0.05) is 0 Å². The van der Waals surface area contributed by atoms with Gasteiger partial charge >= 0.3 is 6.09 Å². The van der Waals surface area contributed by atoms with Crippen LogP contribution in [0.3, 0.4) is 0 Å². The van der Waals surface area contributed by atoms with Crippen LogP contribution in [-0.4, -0.2) is 40.5 Å². The standard InChI is InChI=1S/C23H20FN5O4/c1-13(21(25)30)19-12-29(23(32)33-19)16-5-6-17(18(24)9-16)14-4-7-20(27-11-14)28-22(31)15-3-2-8-26-10-15/h2-11,13,19H,12H2,1H3,(H2,25,30)(H,27,28,31). The third kappa shape index (κ3) is 4.64. The lowest BCUT2D eigenvalue weighted by Gasteiger charge is -2.16. The summed E-state index contributed by atoms with van der Waals surface area (Å²) in [5.41, 5.74) is 6.72. The molecule has 2 unspecified atom stereocenters. The zero-order chi connectivity index (χ0) is 23.5. The molecular formula is C23H20FN5O4. The van der Waals surface area contributed by atoms with Gasteiger partial charge in [-0.15, -0.1) is 0 Å². The van der Waals surface area contributed by atoms with Crippen molar-refractivity contribution < 1.29 is 23.5 Å². The van der Waals surface area contributed by atoms with Gasteiger partial charge in [-0.25, -0.2) is 14.2 Å². The molecule has 1 saturated heterocycles. The number of halogens is 1. The molecule has 1 aromatic carbocycles. The van der Waals surface area contributed by atoms with Crippen LogP contribution in [0.1, 0.15) is 17.3 Å². The smallest absolute Gasteiger partial charge is 0.414 e. The summed E-state index contributed by atoms with van der Waals surface area (Å²) in [6, 6.07) is 10.8. The van der Waals surface area contributed by atoms with Gasteiger partial charge < -0.3 is 15.8 Å². The minimum Gasteiger partial charge on any atom is -0.443 e. The van der Waals surface area contributed by atoms with E-state index in [1.165, 1.54) is 29.4 Å². The van der Waals surface area contributed by atoms with E-state index in [1.807, 2.05) is 0 Å². The van der Waals surface area contributed by atoms with Crippen LogP contribution in [-0.2, 0) is 9.53 Å². The van der Waals surface area contributed by atoms with Crippen molar-refractivity contribution >= 4 is 29.4 Å². The molecule has 2 atom stereocenters. The van der Waals surface area contributed by atoms with Gasteiger partial charge in [0.05, 0.1) is 23.7 Å². The molecule has 1 aliphatic heterocycles. The molecule has 3 heterocycles. The Balaban J connectivity index is 1.48. The third-order valence-electron chi connectivity index (χ3n) is 5.35. The number of aromatic nitrogens is 2. The molecule has 3 N–H and O–H groups in total. The average molecular weight is 449 g/mol. The molecule has 33 heavy (non-hydrogen) atoms.